The molecule has 0 aliphatic heterocycles. The van der Waals surface area contributed by atoms with E-state index in [1.54, 1.807) is 0 Å². The third-order valence-electron chi connectivity index (χ3n) is 3.41. The Balaban J connectivity index is 2.54. The number of carbonyl (C=O) groups excluding carboxylic acids is 2. The lowest BCUT2D eigenvalue weighted by atomic mass is 10.0. The van der Waals surface area contributed by atoms with E-state index >= 15 is 0 Å². The number of hydrogen-bond acceptors (Lipinski definition) is 3. The lowest BCUT2D eigenvalue weighted by Gasteiger charge is -2.18. The minimum Gasteiger partial charge on any atom is -0.467 e. The van der Waals surface area contributed by atoms with E-state index in [1.807, 2.05) is 45.0 Å². The van der Waals surface area contributed by atoms with Crippen LogP contribution < -0.4 is 5.32 Å². The molecule has 0 spiro atoms. The van der Waals surface area contributed by atoms with Crippen molar-refractivity contribution in [2.24, 2.45) is 5.92 Å². The molecule has 0 aromatic heterocycles. The van der Waals surface area contributed by atoms with E-state index in [0.717, 1.165) is 5.56 Å². The standard InChI is InChI=1S/C17H25NO3/c1-12(2)11-15(17(20)21-4)18-16(19)10-9-14-8-6-5-7-13(14)3/h5-8,12,15H,9-11H2,1-4H3,(H,18,19). The maximum Gasteiger partial charge on any atom is 0.328 e. The molecule has 1 N–H and O–H groups in total. The quantitative estimate of drug-likeness (QED) is 0.786. The molecular weight excluding hydrogens is 266 g/mol. The molecule has 4 nitrogen and oxygen atoms in total. The summed E-state index contributed by atoms with van der Waals surface area (Å²) < 4.78 is 4.74. The first-order valence-corrected chi connectivity index (χ1v) is 7.35. The summed E-state index contributed by atoms with van der Waals surface area (Å²) in [7, 11) is 1.34. The fraction of sp³-hybridized carbons (Fsp3) is 0.529. The molecule has 0 aliphatic rings. The second-order valence-electron chi connectivity index (χ2n) is 5.70. The molecule has 21 heavy (non-hydrogen) atoms. The highest BCUT2D eigenvalue weighted by atomic mass is 16.5. The van der Waals surface area contributed by atoms with Crippen LogP contribution in [0.1, 0.15) is 37.8 Å². The summed E-state index contributed by atoms with van der Waals surface area (Å²) in [4.78, 5) is 23.7. The zero-order valence-electron chi connectivity index (χ0n) is 13.3. The van der Waals surface area contributed by atoms with Crippen molar-refractivity contribution >= 4 is 11.9 Å². The second-order valence-corrected chi connectivity index (χ2v) is 5.70. The van der Waals surface area contributed by atoms with Crippen LogP contribution in [0, 0.1) is 12.8 Å². The van der Waals surface area contributed by atoms with Crippen LogP contribution in [0.5, 0.6) is 0 Å². The van der Waals surface area contributed by atoms with Crippen molar-refractivity contribution < 1.29 is 14.3 Å². The van der Waals surface area contributed by atoms with Gasteiger partial charge in [-0.1, -0.05) is 38.1 Å². The topological polar surface area (TPSA) is 55.4 Å². The number of esters is 1. The van der Waals surface area contributed by atoms with Crippen molar-refractivity contribution in [3.05, 3.63) is 35.4 Å². The first-order valence-electron chi connectivity index (χ1n) is 7.35. The van der Waals surface area contributed by atoms with Gasteiger partial charge in [0.2, 0.25) is 5.91 Å². The Morgan fingerprint density at radius 3 is 2.48 bits per heavy atom. The number of benzene rings is 1. The third kappa shape index (κ3) is 5.98. The third-order valence-corrected chi connectivity index (χ3v) is 3.41. The van der Waals surface area contributed by atoms with Gasteiger partial charge in [-0.15, -0.1) is 0 Å². The van der Waals surface area contributed by atoms with Crippen LogP contribution in [0.4, 0.5) is 0 Å². The van der Waals surface area contributed by atoms with Crippen LogP contribution >= 0.6 is 0 Å². The molecule has 0 saturated carbocycles. The lowest BCUT2D eigenvalue weighted by molar-refractivity contribution is -0.145. The van der Waals surface area contributed by atoms with Gasteiger partial charge >= 0.3 is 5.97 Å². The highest BCUT2D eigenvalue weighted by molar-refractivity contribution is 5.84. The Kier molecular flexibility index (Phi) is 6.92. The molecule has 4 heteroatoms. The molecule has 0 radical (unpaired) electrons. The van der Waals surface area contributed by atoms with E-state index in [0.29, 0.717) is 25.2 Å². The number of methoxy groups -OCH3 is 1. The van der Waals surface area contributed by atoms with Crippen molar-refractivity contribution in [2.45, 2.75) is 46.1 Å². The number of amides is 1. The molecule has 1 rings (SSSR count). The number of carbonyl (C=O) groups is 2. The van der Waals surface area contributed by atoms with Gasteiger partial charge in [-0.05, 0) is 36.8 Å². The molecular formula is C17H25NO3. The molecule has 0 aliphatic carbocycles. The maximum absolute atomic E-state index is 12.0. The number of rotatable bonds is 7. The van der Waals surface area contributed by atoms with Crippen LogP contribution in [0.25, 0.3) is 0 Å². The van der Waals surface area contributed by atoms with Crippen molar-refractivity contribution in [1.82, 2.24) is 5.32 Å². The number of nitrogens with one attached hydrogen (secondary N) is 1. The molecule has 1 aromatic rings. The first-order chi connectivity index (χ1) is 9.93. The zero-order chi connectivity index (χ0) is 15.8. The van der Waals surface area contributed by atoms with Gasteiger partial charge in [0.15, 0.2) is 0 Å². The Hall–Kier alpha value is -1.84. The smallest absolute Gasteiger partial charge is 0.328 e. The average molecular weight is 291 g/mol. The van der Waals surface area contributed by atoms with Crippen molar-refractivity contribution in [3.63, 3.8) is 0 Å². The van der Waals surface area contributed by atoms with Gasteiger partial charge < -0.3 is 10.1 Å². The van der Waals surface area contributed by atoms with Crippen molar-refractivity contribution in [2.75, 3.05) is 7.11 Å². The van der Waals surface area contributed by atoms with Crippen molar-refractivity contribution in [3.8, 4) is 0 Å². The summed E-state index contributed by atoms with van der Waals surface area (Å²) in [5.74, 6) is -0.187. The van der Waals surface area contributed by atoms with Crippen LogP contribution in [0.2, 0.25) is 0 Å². The molecule has 0 heterocycles. The number of hydrogen-bond donors (Lipinski definition) is 1. The second kappa shape index (κ2) is 8.45. The fourth-order valence-electron chi connectivity index (χ4n) is 2.23. The average Bonchev–Trinajstić information content (AvgIpc) is 2.44. The van der Waals surface area contributed by atoms with Crippen LogP contribution in [-0.4, -0.2) is 25.0 Å². The largest absolute Gasteiger partial charge is 0.467 e. The normalized spacial score (nSPS) is 12.0. The van der Waals surface area contributed by atoms with E-state index in [4.69, 9.17) is 4.74 Å². The van der Waals surface area contributed by atoms with Gasteiger partial charge in [0.05, 0.1) is 7.11 Å². The Bertz CT molecular complexity index is 483. The van der Waals surface area contributed by atoms with E-state index < -0.39 is 6.04 Å². The van der Waals surface area contributed by atoms with Gasteiger partial charge in [0, 0.05) is 6.42 Å². The molecule has 0 saturated heterocycles. The van der Waals surface area contributed by atoms with Crippen molar-refractivity contribution in [1.29, 1.82) is 0 Å². The number of aryl methyl sites for hydroxylation is 2. The molecule has 1 unspecified atom stereocenters. The molecule has 1 aromatic carbocycles. The summed E-state index contributed by atoms with van der Waals surface area (Å²) in [5, 5.41) is 2.78. The first kappa shape index (κ1) is 17.2. The monoisotopic (exact) mass is 291 g/mol. The number of ether oxygens (including phenoxy) is 1. The molecule has 0 bridgehead atoms. The lowest BCUT2D eigenvalue weighted by Crippen LogP contribution is -2.42. The Morgan fingerprint density at radius 2 is 1.90 bits per heavy atom. The minimum atomic E-state index is -0.556. The summed E-state index contributed by atoms with van der Waals surface area (Å²) in [6.07, 6.45) is 1.63. The highest BCUT2D eigenvalue weighted by Crippen LogP contribution is 2.10. The van der Waals surface area contributed by atoms with E-state index in [-0.39, 0.29) is 11.9 Å². The summed E-state index contributed by atoms with van der Waals surface area (Å²) in [6.45, 7) is 6.05. The van der Waals surface area contributed by atoms with Crippen LogP contribution in [-0.2, 0) is 20.7 Å². The van der Waals surface area contributed by atoms with Crippen LogP contribution in [0.3, 0.4) is 0 Å². The Morgan fingerprint density at radius 1 is 1.24 bits per heavy atom. The van der Waals surface area contributed by atoms with E-state index in [9.17, 15) is 9.59 Å². The maximum atomic E-state index is 12.0. The molecule has 1 amide bonds. The van der Waals surface area contributed by atoms with Gasteiger partial charge in [0.1, 0.15) is 6.04 Å². The predicted octanol–water partition coefficient (Wildman–Crippen LogP) is 2.63. The summed E-state index contributed by atoms with van der Waals surface area (Å²) in [5.41, 5.74) is 2.34. The summed E-state index contributed by atoms with van der Waals surface area (Å²) >= 11 is 0. The van der Waals surface area contributed by atoms with E-state index in [1.165, 1.54) is 12.7 Å². The minimum absolute atomic E-state index is 0.116. The van der Waals surface area contributed by atoms with Gasteiger partial charge in [-0.2, -0.15) is 0 Å². The van der Waals surface area contributed by atoms with Crippen LogP contribution in [0.15, 0.2) is 24.3 Å². The predicted molar refractivity (Wildman–Crippen MR) is 82.9 cm³/mol. The highest BCUT2D eigenvalue weighted by Gasteiger charge is 2.22. The molecule has 1 atom stereocenters. The molecule has 116 valence electrons. The zero-order valence-corrected chi connectivity index (χ0v) is 13.3. The van der Waals surface area contributed by atoms with E-state index in [2.05, 4.69) is 5.32 Å². The Labute approximate surface area is 126 Å². The van der Waals surface area contributed by atoms with Gasteiger partial charge in [0.25, 0.3) is 0 Å². The molecule has 0 fully saturated rings. The fourth-order valence-corrected chi connectivity index (χ4v) is 2.23. The summed E-state index contributed by atoms with van der Waals surface area (Å²) in [6, 6.07) is 7.45. The van der Waals surface area contributed by atoms with Gasteiger partial charge in [-0.3, -0.25) is 4.79 Å². The van der Waals surface area contributed by atoms with Gasteiger partial charge in [-0.25, -0.2) is 4.79 Å². The SMILES string of the molecule is COC(=O)C(CC(C)C)NC(=O)CCc1ccccc1C.